The summed E-state index contributed by atoms with van der Waals surface area (Å²) in [5, 5.41) is 16.6. The molecule has 3 aromatic rings. The van der Waals surface area contributed by atoms with E-state index in [1.54, 1.807) is 24.5 Å². The third kappa shape index (κ3) is 2.90. The molecule has 9 heteroatoms. The summed E-state index contributed by atoms with van der Waals surface area (Å²) in [6.07, 6.45) is 2.19. The predicted molar refractivity (Wildman–Crippen MR) is 86.3 cm³/mol. The number of fused-ring (bicyclic) bond motifs is 1. The van der Waals surface area contributed by atoms with Gasteiger partial charge in [-0.05, 0) is 23.8 Å². The molecule has 0 spiro atoms. The number of halogens is 2. The fraction of sp³-hybridized carbons (Fsp3) is 0.294. The Hall–Kier alpha value is -2.62. The van der Waals surface area contributed by atoms with Crippen LogP contribution in [0.1, 0.15) is 23.5 Å². The van der Waals surface area contributed by atoms with E-state index in [0.29, 0.717) is 13.2 Å². The molecule has 0 aliphatic carbocycles. The highest BCUT2D eigenvalue weighted by Crippen LogP contribution is 2.35. The molecule has 2 aromatic heterocycles. The number of nitrogens with zero attached hydrogens (tertiary/aromatic N) is 2. The molecule has 1 fully saturated rings. The van der Waals surface area contributed by atoms with Gasteiger partial charge in [0.15, 0.2) is 17.9 Å². The Labute approximate surface area is 146 Å². The molecule has 1 saturated heterocycles. The fourth-order valence-corrected chi connectivity index (χ4v) is 2.84. The molecular weight excluding hydrogens is 348 g/mol. The summed E-state index contributed by atoms with van der Waals surface area (Å²) in [7, 11) is 0. The summed E-state index contributed by atoms with van der Waals surface area (Å²) in [6, 6.07) is 4.30. The Morgan fingerprint density at radius 1 is 1.19 bits per heavy atom. The quantitative estimate of drug-likeness (QED) is 0.720. The van der Waals surface area contributed by atoms with Crippen LogP contribution in [0.4, 0.5) is 14.6 Å². The van der Waals surface area contributed by atoms with Crippen molar-refractivity contribution in [3.05, 3.63) is 53.4 Å². The lowest BCUT2D eigenvalue weighted by atomic mass is 10.1. The Bertz CT molecular complexity index is 913. The maximum atomic E-state index is 14.4. The summed E-state index contributed by atoms with van der Waals surface area (Å²) >= 11 is 0. The first-order valence-corrected chi connectivity index (χ1v) is 7.97. The lowest BCUT2D eigenvalue weighted by Gasteiger charge is -2.16. The summed E-state index contributed by atoms with van der Waals surface area (Å²) < 4.78 is 44.1. The monoisotopic (exact) mass is 363 g/mol. The van der Waals surface area contributed by atoms with E-state index in [1.807, 2.05) is 0 Å². The topological polar surface area (TPSA) is 89.6 Å². The number of aromatic nitrogens is 2. The van der Waals surface area contributed by atoms with E-state index in [4.69, 9.17) is 14.0 Å². The average molecular weight is 363 g/mol. The van der Waals surface area contributed by atoms with Crippen LogP contribution in [-0.2, 0) is 9.47 Å². The summed E-state index contributed by atoms with van der Waals surface area (Å²) in [5.74, 6) is -2.09. The third-order valence-electron chi connectivity index (χ3n) is 4.15. The van der Waals surface area contributed by atoms with Crippen molar-refractivity contribution in [2.45, 2.75) is 12.3 Å². The second kappa shape index (κ2) is 6.94. The van der Waals surface area contributed by atoms with Gasteiger partial charge >= 0.3 is 0 Å². The van der Waals surface area contributed by atoms with E-state index in [-0.39, 0.29) is 29.0 Å². The third-order valence-corrected chi connectivity index (χ3v) is 4.15. The van der Waals surface area contributed by atoms with Crippen LogP contribution in [-0.4, -0.2) is 35.1 Å². The summed E-state index contributed by atoms with van der Waals surface area (Å²) in [5.41, 5.74) is 0.366. The molecule has 1 aromatic carbocycles. The fourth-order valence-electron chi connectivity index (χ4n) is 2.84. The number of pyridine rings is 1. The van der Waals surface area contributed by atoms with Crippen LogP contribution in [0.25, 0.3) is 11.0 Å². The van der Waals surface area contributed by atoms with Gasteiger partial charge in [0.2, 0.25) is 11.4 Å². The van der Waals surface area contributed by atoms with Crippen LogP contribution in [0.3, 0.4) is 0 Å². The maximum Gasteiger partial charge on any atom is 0.207 e. The van der Waals surface area contributed by atoms with Crippen LogP contribution < -0.4 is 5.32 Å². The SMILES string of the molecule is OCC(Nc1noc2c(F)c(F)c(C3OCCO3)cc12)c1ccncc1. The van der Waals surface area contributed by atoms with Crippen molar-refractivity contribution >= 4 is 16.8 Å². The zero-order valence-electron chi connectivity index (χ0n) is 13.5. The van der Waals surface area contributed by atoms with E-state index in [9.17, 15) is 13.9 Å². The van der Waals surface area contributed by atoms with Crippen LogP contribution in [0.2, 0.25) is 0 Å². The molecule has 0 saturated carbocycles. The largest absolute Gasteiger partial charge is 0.394 e. The van der Waals surface area contributed by atoms with Gasteiger partial charge in [0.1, 0.15) is 0 Å². The number of hydrogen-bond acceptors (Lipinski definition) is 7. The van der Waals surface area contributed by atoms with Gasteiger partial charge in [0.25, 0.3) is 0 Å². The molecule has 1 aliphatic rings. The molecule has 26 heavy (non-hydrogen) atoms. The second-order valence-electron chi connectivity index (χ2n) is 5.74. The van der Waals surface area contributed by atoms with E-state index >= 15 is 0 Å². The Balaban J connectivity index is 1.73. The molecule has 3 heterocycles. The van der Waals surface area contributed by atoms with Gasteiger partial charge in [0.05, 0.1) is 31.2 Å². The van der Waals surface area contributed by atoms with Gasteiger partial charge < -0.3 is 24.4 Å². The van der Waals surface area contributed by atoms with Crippen molar-refractivity contribution in [2.75, 3.05) is 25.1 Å². The molecule has 0 amide bonds. The molecule has 0 radical (unpaired) electrons. The zero-order valence-corrected chi connectivity index (χ0v) is 13.5. The predicted octanol–water partition coefficient (Wildman–Crippen LogP) is 2.69. The van der Waals surface area contributed by atoms with Crippen LogP contribution >= 0.6 is 0 Å². The molecule has 2 N–H and O–H groups in total. The number of aliphatic hydroxyl groups is 1. The van der Waals surface area contributed by atoms with E-state index in [0.717, 1.165) is 5.56 Å². The number of rotatable bonds is 5. The average Bonchev–Trinajstić information content (AvgIpc) is 3.33. The minimum absolute atomic E-state index is 0.0665. The smallest absolute Gasteiger partial charge is 0.207 e. The number of anilines is 1. The van der Waals surface area contributed by atoms with Gasteiger partial charge in [-0.15, -0.1) is 0 Å². The van der Waals surface area contributed by atoms with Crippen LogP contribution in [0.5, 0.6) is 0 Å². The Kier molecular flexibility index (Phi) is 4.49. The lowest BCUT2D eigenvalue weighted by Crippen LogP contribution is -2.15. The molecule has 136 valence electrons. The molecule has 1 unspecified atom stereocenters. The first kappa shape index (κ1) is 16.8. The standard InChI is InChI=1S/C17H15F2N3O4/c18-13-10(17-24-5-6-25-17)7-11-15(14(13)19)26-22-16(11)21-12(8-23)9-1-3-20-4-2-9/h1-4,7,12,17,23H,5-6,8H2,(H,21,22). The first-order valence-electron chi connectivity index (χ1n) is 7.97. The van der Waals surface area contributed by atoms with Crippen molar-refractivity contribution in [3.8, 4) is 0 Å². The minimum Gasteiger partial charge on any atom is -0.394 e. The molecule has 0 bridgehead atoms. The Morgan fingerprint density at radius 2 is 1.92 bits per heavy atom. The van der Waals surface area contributed by atoms with Gasteiger partial charge in [-0.25, -0.2) is 4.39 Å². The van der Waals surface area contributed by atoms with E-state index < -0.39 is 24.0 Å². The highest BCUT2D eigenvalue weighted by molar-refractivity contribution is 5.89. The molecule has 1 aliphatic heterocycles. The zero-order chi connectivity index (χ0) is 18.1. The van der Waals surface area contributed by atoms with Crippen LogP contribution in [0, 0.1) is 11.6 Å². The molecule has 1 atom stereocenters. The van der Waals surface area contributed by atoms with Crippen molar-refractivity contribution in [3.63, 3.8) is 0 Å². The molecule has 7 nitrogen and oxygen atoms in total. The maximum absolute atomic E-state index is 14.4. The second-order valence-corrected chi connectivity index (χ2v) is 5.74. The van der Waals surface area contributed by atoms with Crippen molar-refractivity contribution in [2.24, 2.45) is 0 Å². The number of benzene rings is 1. The van der Waals surface area contributed by atoms with E-state index in [2.05, 4.69) is 15.5 Å². The normalized spacial score (nSPS) is 16.3. The van der Waals surface area contributed by atoms with Gasteiger partial charge in [-0.2, -0.15) is 4.39 Å². The number of ether oxygens (including phenoxy) is 2. The van der Waals surface area contributed by atoms with Crippen molar-refractivity contribution in [1.82, 2.24) is 10.1 Å². The van der Waals surface area contributed by atoms with Gasteiger partial charge in [-0.1, -0.05) is 5.16 Å². The first-order chi connectivity index (χ1) is 12.7. The summed E-state index contributed by atoms with van der Waals surface area (Å²) in [6.45, 7) is 0.351. The number of nitrogens with one attached hydrogen (secondary N) is 1. The van der Waals surface area contributed by atoms with Gasteiger partial charge in [0, 0.05) is 18.0 Å². The Morgan fingerprint density at radius 3 is 2.62 bits per heavy atom. The minimum atomic E-state index is -1.17. The van der Waals surface area contributed by atoms with Crippen molar-refractivity contribution < 1.29 is 27.9 Å². The number of hydrogen-bond donors (Lipinski definition) is 2. The molecule has 4 rings (SSSR count). The summed E-state index contributed by atoms with van der Waals surface area (Å²) in [4.78, 5) is 3.92. The van der Waals surface area contributed by atoms with Gasteiger partial charge in [-0.3, -0.25) is 4.98 Å². The number of aliphatic hydroxyl groups excluding tert-OH is 1. The lowest BCUT2D eigenvalue weighted by molar-refractivity contribution is -0.0467. The highest BCUT2D eigenvalue weighted by Gasteiger charge is 2.28. The molecular formula is C17H15F2N3O4. The van der Waals surface area contributed by atoms with Crippen LogP contribution in [0.15, 0.2) is 35.1 Å². The van der Waals surface area contributed by atoms with Crippen molar-refractivity contribution in [1.29, 1.82) is 0 Å². The van der Waals surface area contributed by atoms with E-state index in [1.165, 1.54) is 6.07 Å². The highest BCUT2D eigenvalue weighted by atomic mass is 19.2.